The maximum Gasteiger partial charge on any atom is 0.273 e. The monoisotopic (exact) mass is 439 g/mol. The van der Waals surface area contributed by atoms with Gasteiger partial charge in [-0.15, -0.1) is 0 Å². The quantitative estimate of drug-likeness (QED) is 0.587. The molecule has 3 rings (SSSR count). The molecule has 0 unspecified atom stereocenters. The molecule has 0 bridgehead atoms. The van der Waals surface area contributed by atoms with Crippen LogP contribution in [0.4, 0.5) is 0 Å². The summed E-state index contributed by atoms with van der Waals surface area (Å²) >= 11 is 0. The first-order valence-electron chi connectivity index (χ1n) is 11.3. The smallest absolute Gasteiger partial charge is 0.273 e. The van der Waals surface area contributed by atoms with Crippen molar-refractivity contribution in [1.29, 1.82) is 0 Å². The number of carbonyl (C=O) groups is 3. The average molecular weight is 440 g/mol. The Bertz CT molecular complexity index is 982. The van der Waals surface area contributed by atoms with Crippen molar-refractivity contribution in [3.63, 3.8) is 0 Å². The number of fused-ring (bicyclic) bond motifs is 1. The fraction of sp³-hybridized carbons (Fsp3) is 0.500. The first-order valence-corrected chi connectivity index (χ1v) is 11.3. The predicted molar refractivity (Wildman–Crippen MR) is 122 cm³/mol. The highest BCUT2D eigenvalue weighted by Gasteiger charge is 2.48. The van der Waals surface area contributed by atoms with Crippen LogP contribution in [0.2, 0.25) is 0 Å². The Morgan fingerprint density at radius 3 is 2.50 bits per heavy atom. The fourth-order valence-electron chi connectivity index (χ4n) is 3.97. The van der Waals surface area contributed by atoms with E-state index in [-0.39, 0.29) is 35.7 Å². The minimum absolute atomic E-state index is 0.120. The van der Waals surface area contributed by atoms with Crippen molar-refractivity contribution in [2.45, 2.75) is 65.6 Å². The standard InChI is InChI=1S/C24H33N5O3/c1-5-7-12-25-21(30)19-20-22(31)29(13-6-2)24(4,15-28(20)16-27-19)23(32)26-14-18-10-8-17(3)9-11-18/h8-11,16H,5-7,12-15H2,1-4H3,(H,25,30)(H,26,32)/t24-/m0/s1. The number of hydrogen-bond donors (Lipinski definition) is 2. The molecule has 0 aliphatic carbocycles. The molecule has 0 fully saturated rings. The maximum atomic E-state index is 13.5. The van der Waals surface area contributed by atoms with Crippen LogP contribution in [0.1, 0.15) is 72.1 Å². The molecule has 1 aromatic carbocycles. The highest BCUT2D eigenvalue weighted by molar-refractivity contribution is 6.07. The zero-order valence-electron chi connectivity index (χ0n) is 19.4. The van der Waals surface area contributed by atoms with Gasteiger partial charge in [-0.3, -0.25) is 14.4 Å². The van der Waals surface area contributed by atoms with E-state index in [1.54, 1.807) is 16.4 Å². The zero-order chi connectivity index (χ0) is 23.3. The van der Waals surface area contributed by atoms with Gasteiger partial charge in [0.15, 0.2) is 5.69 Å². The largest absolute Gasteiger partial charge is 0.351 e. The van der Waals surface area contributed by atoms with Crippen LogP contribution < -0.4 is 10.6 Å². The van der Waals surface area contributed by atoms with Crippen molar-refractivity contribution in [2.75, 3.05) is 13.1 Å². The number of unbranched alkanes of at least 4 members (excludes halogenated alkanes) is 1. The summed E-state index contributed by atoms with van der Waals surface area (Å²) in [6, 6.07) is 7.96. The summed E-state index contributed by atoms with van der Waals surface area (Å²) in [5, 5.41) is 5.81. The Morgan fingerprint density at radius 1 is 1.12 bits per heavy atom. The Morgan fingerprint density at radius 2 is 1.84 bits per heavy atom. The number of nitrogens with zero attached hydrogens (tertiary/aromatic N) is 3. The van der Waals surface area contributed by atoms with Gasteiger partial charge in [0.05, 0.1) is 12.9 Å². The third-order valence-corrected chi connectivity index (χ3v) is 5.90. The van der Waals surface area contributed by atoms with E-state index in [1.807, 2.05) is 45.0 Å². The molecule has 0 saturated carbocycles. The van der Waals surface area contributed by atoms with Gasteiger partial charge in [-0.1, -0.05) is 50.1 Å². The number of hydrogen-bond acceptors (Lipinski definition) is 4. The Labute approximate surface area is 189 Å². The van der Waals surface area contributed by atoms with Gasteiger partial charge in [0.1, 0.15) is 11.2 Å². The molecular weight excluding hydrogens is 406 g/mol. The molecule has 172 valence electrons. The van der Waals surface area contributed by atoms with E-state index in [0.717, 1.165) is 24.0 Å². The van der Waals surface area contributed by atoms with E-state index in [0.29, 0.717) is 26.1 Å². The van der Waals surface area contributed by atoms with Crippen molar-refractivity contribution >= 4 is 17.7 Å². The molecule has 2 heterocycles. The topological polar surface area (TPSA) is 96.3 Å². The molecule has 0 saturated heterocycles. The van der Waals surface area contributed by atoms with E-state index in [2.05, 4.69) is 15.6 Å². The van der Waals surface area contributed by atoms with Crippen LogP contribution in [0.3, 0.4) is 0 Å². The molecule has 3 amide bonds. The van der Waals surface area contributed by atoms with E-state index in [1.165, 1.54) is 6.33 Å². The molecule has 0 spiro atoms. The highest BCUT2D eigenvalue weighted by atomic mass is 16.2. The molecule has 0 radical (unpaired) electrons. The lowest BCUT2D eigenvalue weighted by Gasteiger charge is -2.43. The number of rotatable bonds is 9. The van der Waals surface area contributed by atoms with Gasteiger partial charge in [-0.2, -0.15) is 0 Å². The molecule has 1 aliphatic heterocycles. The van der Waals surface area contributed by atoms with Crippen LogP contribution in [0.5, 0.6) is 0 Å². The maximum absolute atomic E-state index is 13.5. The number of imidazole rings is 1. The van der Waals surface area contributed by atoms with Crippen LogP contribution in [0.25, 0.3) is 0 Å². The average Bonchev–Trinajstić information content (AvgIpc) is 3.20. The van der Waals surface area contributed by atoms with Gasteiger partial charge in [0.25, 0.3) is 11.8 Å². The summed E-state index contributed by atoms with van der Waals surface area (Å²) in [6.45, 7) is 9.36. The normalized spacial score (nSPS) is 17.8. The molecule has 1 aromatic heterocycles. The van der Waals surface area contributed by atoms with E-state index in [4.69, 9.17) is 0 Å². The van der Waals surface area contributed by atoms with E-state index < -0.39 is 5.54 Å². The molecule has 2 N–H and O–H groups in total. The summed E-state index contributed by atoms with van der Waals surface area (Å²) in [6.07, 6.45) is 3.99. The first-order chi connectivity index (χ1) is 15.3. The van der Waals surface area contributed by atoms with Gasteiger partial charge < -0.3 is 20.1 Å². The molecular formula is C24H33N5O3. The van der Waals surface area contributed by atoms with Crippen LogP contribution in [0.15, 0.2) is 30.6 Å². The van der Waals surface area contributed by atoms with Gasteiger partial charge in [0.2, 0.25) is 5.91 Å². The number of carbonyl (C=O) groups excluding carboxylic acids is 3. The predicted octanol–water partition coefficient (Wildman–Crippen LogP) is 2.66. The van der Waals surface area contributed by atoms with Crippen molar-refractivity contribution in [1.82, 2.24) is 25.1 Å². The Balaban J connectivity index is 1.83. The van der Waals surface area contributed by atoms with Crippen LogP contribution >= 0.6 is 0 Å². The second kappa shape index (κ2) is 9.97. The minimum Gasteiger partial charge on any atom is -0.351 e. The molecule has 8 heteroatoms. The number of aromatic nitrogens is 2. The highest BCUT2D eigenvalue weighted by Crippen LogP contribution is 2.29. The third kappa shape index (κ3) is 4.69. The Hall–Kier alpha value is -3.16. The van der Waals surface area contributed by atoms with Crippen LogP contribution in [-0.4, -0.2) is 50.8 Å². The Kier molecular flexibility index (Phi) is 7.33. The molecule has 1 aliphatic rings. The van der Waals surface area contributed by atoms with Gasteiger partial charge in [-0.05, 0) is 32.3 Å². The summed E-state index contributed by atoms with van der Waals surface area (Å²) < 4.78 is 1.63. The van der Waals surface area contributed by atoms with Crippen molar-refractivity contribution in [3.8, 4) is 0 Å². The number of benzene rings is 1. The zero-order valence-corrected chi connectivity index (χ0v) is 19.4. The van der Waals surface area contributed by atoms with Crippen molar-refractivity contribution in [3.05, 3.63) is 53.1 Å². The van der Waals surface area contributed by atoms with Crippen molar-refractivity contribution in [2.24, 2.45) is 0 Å². The first kappa shape index (κ1) is 23.5. The van der Waals surface area contributed by atoms with Gasteiger partial charge in [0, 0.05) is 19.6 Å². The molecule has 32 heavy (non-hydrogen) atoms. The lowest BCUT2D eigenvalue weighted by Crippen LogP contribution is -2.64. The van der Waals surface area contributed by atoms with E-state index in [9.17, 15) is 14.4 Å². The molecule has 1 atom stereocenters. The van der Waals surface area contributed by atoms with Crippen molar-refractivity contribution < 1.29 is 14.4 Å². The van der Waals surface area contributed by atoms with Crippen LogP contribution in [0, 0.1) is 6.92 Å². The minimum atomic E-state index is -1.08. The summed E-state index contributed by atoms with van der Waals surface area (Å²) in [7, 11) is 0. The fourth-order valence-corrected chi connectivity index (χ4v) is 3.97. The number of aryl methyl sites for hydroxylation is 1. The lowest BCUT2D eigenvalue weighted by atomic mass is 9.93. The summed E-state index contributed by atoms with van der Waals surface area (Å²) in [5.74, 6) is -0.929. The molecule has 2 aromatic rings. The van der Waals surface area contributed by atoms with E-state index >= 15 is 0 Å². The second-order valence-corrected chi connectivity index (χ2v) is 8.58. The van der Waals surface area contributed by atoms with Gasteiger partial charge in [-0.25, -0.2) is 4.98 Å². The van der Waals surface area contributed by atoms with Gasteiger partial charge >= 0.3 is 0 Å². The number of nitrogens with one attached hydrogen (secondary N) is 2. The lowest BCUT2D eigenvalue weighted by molar-refractivity contribution is -0.133. The number of amides is 3. The molecule has 8 nitrogen and oxygen atoms in total. The summed E-state index contributed by atoms with van der Waals surface area (Å²) in [5.41, 5.74) is 1.43. The third-order valence-electron chi connectivity index (χ3n) is 5.90. The summed E-state index contributed by atoms with van der Waals surface area (Å²) in [4.78, 5) is 45.2. The second-order valence-electron chi connectivity index (χ2n) is 8.58. The van der Waals surface area contributed by atoms with Crippen LogP contribution in [-0.2, 0) is 17.9 Å². The SMILES string of the molecule is CCCCNC(=O)c1ncn2c1C(=O)N(CCC)[C@](C)(C(=O)NCc1ccc(C)cc1)C2.